The zero-order chi connectivity index (χ0) is 21.3. The molecule has 0 radical (unpaired) electrons. The molecule has 4 rings (SSSR count). The number of carbonyl (C=O) groups excluding carboxylic acids is 1. The van der Waals surface area contributed by atoms with Crippen LogP contribution in [0.2, 0.25) is 0 Å². The largest absolute Gasteiger partial charge is 0.352 e. The Bertz CT molecular complexity index is 1060. The van der Waals surface area contributed by atoms with Gasteiger partial charge < -0.3 is 5.32 Å². The van der Waals surface area contributed by atoms with Gasteiger partial charge >= 0.3 is 0 Å². The van der Waals surface area contributed by atoms with Gasteiger partial charge in [-0.1, -0.05) is 36.8 Å². The number of nitro groups is 1. The number of nitrogens with zero attached hydrogens (tertiary/aromatic N) is 2. The lowest BCUT2D eigenvalue weighted by Gasteiger charge is -2.27. The lowest BCUT2D eigenvalue weighted by molar-refractivity contribution is -0.387. The summed E-state index contributed by atoms with van der Waals surface area (Å²) < 4.78 is 27.7. The average Bonchev–Trinajstić information content (AvgIpc) is 3.35. The van der Waals surface area contributed by atoms with E-state index < -0.39 is 38.0 Å². The first-order valence-electron chi connectivity index (χ1n) is 9.97. The van der Waals surface area contributed by atoms with Crippen molar-refractivity contribution in [3.8, 4) is 0 Å². The Balaban J connectivity index is 1.63. The zero-order valence-corrected chi connectivity index (χ0v) is 17.1. The van der Waals surface area contributed by atoms with Crippen molar-refractivity contribution in [3.05, 3.63) is 64.7 Å². The van der Waals surface area contributed by atoms with Gasteiger partial charge in [-0.2, -0.15) is 0 Å². The fraction of sp³-hybridized carbons (Fsp3) is 0.381. The van der Waals surface area contributed by atoms with E-state index in [2.05, 4.69) is 5.32 Å². The molecular formula is C21H23N3O5S. The molecule has 2 aliphatic rings. The van der Waals surface area contributed by atoms with Gasteiger partial charge in [-0.15, -0.1) is 0 Å². The summed E-state index contributed by atoms with van der Waals surface area (Å²) in [6.07, 6.45) is 4.33. The van der Waals surface area contributed by atoms with E-state index in [4.69, 9.17) is 0 Å². The minimum Gasteiger partial charge on any atom is -0.352 e. The monoisotopic (exact) mass is 429 g/mol. The Morgan fingerprint density at radius 1 is 1.07 bits per heavy atom. The van der Waals surface area contributed by atoms with Gasteiger partial charge in [0.1, 0.15) is 6.54 Å². The summed E-state index contributed by atoms with van der Waals surface area (Å²) in [7, 11) is -4.34. The Morgan fingerprint density at radius 2 is 1.77 bits per heavy atom. The van der Waals surface area contributed by atoms with Gasteiger partial charge in [0, 0.05) is 12.1 Å². The number of nitrogens with one attached hydrogen (secondary N) is 1. The molecule has 3 atom stereocenters. The highest BCUT2D eigenvalue weighted by Crippen LogP contribution is 2.44. The van der Waals surface area contributed by atoms with Crippen LogP contribution in [0.1, 0.15) is 25.7 Å². The third-order valence-corrected chi connectivity index (χ3v) is 7.87. The highest BCUT2D eigenvalue weighted by Gasteiger charge is 2.41. The molecule has 2 fully saturated rings. The maximum absolute atomic E-state index is 13.4. The standard InChI is InChI=1S/C21H23N3O5S/c25-21(22-18-13-15-10-11-16(18)12-15)14-23(17-6-2-1-3-7-17)30(28,29)20-9-5-4-8-19(20)24(26)27/h1-9,15-16,18H,10-14H2,(H,22,25)/t15-,16-,18+/m1/s1. The number of carbonyl (C=O) groups is 1. The lowest BCUT2D eigenvalue weighted by atomic mass is 9.95. The maximum atomic E-state index is 13.4. The van der Waals surface area contributed by atoms with E-state index in [1.807, 2.05) is 0 Å². The van der Waals surface area contributed by atoms with Crippen molar-refractivity contribution < 1.29 is 18.1 Å². The van der Waals surface area contributed by atoms with Crippen molar-refractivity contribution in [2.45, 2.75) is 36.6 Å². The number of fused-ring (bicyclic) bond motifs is 2. The second-order valence-corrected chi connectivity index (χ2v) is 9.75. The molecule has 9 heteroatoms. The van der Waals surface area contributed by atoms with E-state index >= 15 is 0 Å². The minimum atomic E-state index is -4.34. The van der Waals surface area contributed by atoms with Crippen molar-refractivity contribution in [1.82, 2.24) is 5.32 Å². The second-order valence-electron chi connectivity index (χ2n) is 7.92. The molecule has 1 N–H and O–H groups in total. The van der Waals surface area contributed by atoms with Crippen LogP contribution in [-0.4, -0.2) is 31.8 Å². The molecule has 2 saturated carbocycles. The molecular weight excluding hydrogens is 406 g/mol. The van der Waals surface area contributed by atoms with Crippen molar-refractivity contribution in [3.63, 3.8) is 0 Å². The fourth-order valence-electron chi connectivity index (χ4n) is 4.66. The first-order valence-corrected chi connectivity index (χ1v) is 11.4. The summed E-state index contributed by atoms with van der Waals surface area (Å²) in [6, 6.07) is 13.4. The summed E-state index contributed by atoms with van der Waals surface area (Å²) in [4.78, 5) is 23.0. The molecule has 8 nitrogen and oxygen atoms in total. The van der Waals surface area contributed by atoms with Crippen molar-refractivity contribution in [2.75, 3.05) is 10.8 Å². The van der Waals surface area contributed by atoms with E-state index in [0.717, 1.165) is 29.6 Å². The first-order chi connectivity index (χ1) is 14.4. The predicted octanol–water partition coefficient (Wildman–Crippen LogP) is 3.09. The number of hydrogen-bond donors (Lipinski definition) is 1. The van der Waals surface area contributed by atoms with Crippen LogP contribution in [0.3, 0.4) is 0 Å². The average molecular weight is 429 g/mol. The Morgan fingerprint density at radius 3 is 2.40 bits per heavy atom. The first kappa shape index (κ1) is 20.3. The quantitative estimate of drug-likeness (QED) is 0.537. The predicted molar refractivity (Wildman–Crippen MR) is 111 cm³/mol. The van der Waals surface area contributed by atoms with Gasteiger partial charge in [-0.3, -0.25) is 19.2 Å². The number of para-hydroxylation sites is 2. The van der Waals surface area contributed by atoms with Gasteiger partial charge in [-0.05, 0) is 49.3 Å². The van der Waals surface area contributed by atoms with Crippen molar-refractivity contribution in [1.29, 1.82) is 0 Å². The van der Waals surface area contributed by atoms with Crippen molar-refractivity contribution >= 4 is 27.3 Å². The summed E-state index contributed by atoms with van der Waals surface area (Å²) in [5.41, 5.74) is -0.245. The third-order valence-electron chi connectivity index (χ3n) is 6.05. The van der Waals surface area contributed by atoms with Crippen LogP contribution in [0, 0.1) is 22.0 Å². The van der Waals surface area contributed by atoms with E-state index in [-0.39, 0.29) is 11.7 Å². The number of hydrogen-bond acceptors (Lipinski definition) is 5. The van der Waals surface area contributed by atoms with Gasteiger partial charge in [-0.25, -0.2) is 8.42 Å². The normalized spacial score (nSPS) is 22.6. The van der Waals surface area contributed by atoms with Crippen LogP contribution in [0.15, 0.2) is 59.5 Å². The van der Waals surface area contributed by atoms with E-state index in [1.165, 1.54) is 24.6 Å². The molecule has 0 unspecified atom stereocenters. The molecule has 1 amide bonds. The molecule has 2 aliphatic carbocycles. The SMILES string of the molecule is O=C(CN(c1ccccc1)S(=O)(=O)c1ccccc1[N+](=O)[O-])N[C@H]1C[C@@H]2CC[C@@H]1C2. The molecule has 30 heavy (non-hydrogen) atoms. The topological polar surface area (TPSA) is 110 Å². The molecule has 2 aromatic rings. The highest BCUT2D eigenvalue weighted by atomic mass is 32.2. The molecule has 158 valence electrons. The number of amides is 1. The zero-order valence-electron chi connectivity index (χ0n) is 16.3. The fourth-order valence-corrected chi connectivity index (χ4v) is 6.24. The summed E-state index contributed by atoms with van der Waals surface area (Å²) in [5, 5.41) is 14.4. The number of sulfonamides is 1. The maximum Gasteiger partial charge on any atom is 0.289 e. The van der Waals surface area contributed by atoms with Crippen molar-refractivity contribution in [2.24, 2.45) is 11.8 Å². The highest BCUT2D eigenvalue weighted by molar-refractivity contribution is 7.93. The lowest BCUT2D eigenvalue weighted by Crippen LogP contribution is -2.46. The summed E-state index contributed by atoms with van der Waals surface area (Å²) >= 11 is 0. The smallest absolute Gasteiger partial charge is 0.289 e. The Hall–Kier alpha value is -2.94. The molecule has 0 spiro atoms. The van der Waals surface area contributed by atoms with Gasteiger partial charge in [0.05, 0.1) is 10.6 Å². The Kier molecular flexibility index (Phi) is 5.46. The third kappa shape index (κ3) is 3.89. The van der Waals surface area contributed by atoms with E-state index in [9.17, 15) is 23.3 Å². The molecule has 0 saturated heterocycles. The van der Waals surface area contributed by atoms with Crippen LogP contribution in [0.25, 0.3) is 0 Å². The van der Waals surface area contributed by atoms with Gasteiger partial charge in [0.2, 0.25) is 5.91 Å². The van der Waals surface area contributed by atoms with E-state index in [0.29, 0.717) is 11.8 Å². The molecule has 0 aliphatic heterocycles. The molecule has 2 bridgehead atoms. The number of anilines is 1. The summed E-state index contributed by atoms with van der Waals surface area (Å²) in [5.74, 6) is 0.690. The van der Waals surface area contributed by atoms with Crippen LogP contribution in [-0.2, 0) is 14.8 Å². The number of rotatable bonds is 7. The van der Waals surface area contributed by atoms with Crippen LogP contribution in [0.5, 0.6) is 0 Å². The van der Waals surface area contributed by atoms with Crippen LogP contribution in [0.4, 0.5) is 11.4 Å². The summed E-state index contributed by atoms with van der Waals surface area (Å²) in [6.45, 7) is -0.438. The van der Waals surface area contributed by atoms with Gasteiger partial charge in [0.25, 0.3) is 15.7 Å². The number of benzene rings is 2. The Labute approximate surface area is 175 Å². The molecule has 0 heterocycles. The van der Waals surface area contributed by atoms with Crippen LogP contribution < -0.4 is 9.62 Å². The second kappa shape index (κ2) is 8.06. The molecule has 2 aromatic carbocycles. The molecule has 0 aromatic heterocycles. The minimum absolute atomic E-state index is 0.0719. The number of nitro benzene ring substituents is 1. The van der Waals surface area contributed by atoms with E-state index in [1.54, 1.807) is 30.3 Å². The van der Waals surface area contributed by atoms with Gasteiger partial charge in [0.15, 0.2) is 4.90 Å². The van der Waals surface area contributed by atoms with Crippen LogP contribution >= 0.6 is 0 Å².